The van der Waals surface area contributed by atoms with Gasteiger partial charge in [-0.15, -0.1) is 5.16 Å². The molecule has 3 nitrogen and oxygen atoms in total. The predicted molar refractivity (Wildman–Crippen MR) is 101 cm³/mol. The zero-order chi connectivity index (χ0) is 17.3. The second-order valence-corrected chi connectivity index (χ2v) is 6.70. The van der Waals surface area contributed by atoms with Crippen LogP contribution in [-0.4, -0.2) is 29.4 Å². The molecule has 0 amide bonds. The zero-order valence-electron chi connectivity index (χ0n) is 14.5. The molecule has 0 radical (unpaired) electrons. The normalized spacial score (nSPS) is 12.5. The molecule has 3 heteroatoms. The molecule has 2 aromatic carbocycles. The van der Waals surface area contributed by atoms with Crippen LogP contribution in [0.25, 0.3) is 6.08 Å². The fraction of sp³-hybridized carbons (Fsp3) is 0.286. The molecular weight excluding hydrogens is 296 g/mol. The molecule has 1 N–H and O–H groups in total. The van der Waals surface area contributed by atoms with Gasteiger partial charge in [0.05, 0.1) is 6.21 Å². The summed E-state index contributed by atoms with van der Waals surface area (Å²) in [5, 5.41) is 12.1. The first-order valence-electron chi connectivity index (χ1n) is 8.25. The van der Waals surface area contributed by atoms with Gasteiger partial charge in [-0.1, -0.05) is 86.7 Å². The van der Waals surface area contributed by atoms with Crippen molar-refractivity contribution >= 4 is 12.3 Å². The van der Waals surface area contributed by atoms with Crippen LogP contribution >= 0.6 is 0 Å². The molecule has 0 aromatic heterocycles. The lowest BCUT2D eigenvalue weighted by molar-refractivity contribution is 0.230. The van der Waals surface area contributed by atoms with E-state index in [1.165, 1.54) is 11.1 Å². The topological polar surface area (TPSA) is 35.8 Å². The minimum atomic E-state index is -0.190. The number of hydrogen-bond acceptors (Lipinski definition) is 3. The van der Waals surface area contributed by atoms with Gasteiger partial charge >= 0.3 is 0 Å². The Bertz CT molecular complexity index is 648. The molecule has 24 heavy (non-hydrogen) atoms. The quantitative estimate of drug-likeness (QED) is 0.435. The molecule has 0 aliphatic carbocycles. The zero-order valence-corrected chi connectivity index (χ0v) is 14.5. The Balaban J connectivity index is 2.05. The van der Waals surface area contributed by atoms with Crippen molar-refractivity contribution in [2.45, 2.75) is 20.4 Å². The van der Waals surface area contributed by atoms with E-state index in [1.807, 2.05) is 24.3 Å². The highest BCUT2D eigenvalue weighted by atomic mass is 16.4. The first-order valence-corrected chi connectivity index (χ1v) is 8.25. The summed E-state index contributed by atoms with van der Waals surface area (Å²) in [7, 11) is 0. The lowest BCUT2D eigenvalue weighted by atomic mass is 9.94. The lowest BCUT2D eigenvalue weighted by Gasteiger charge is -2.29. The van der Waals surface area contributed by atoms with Crippen molar-refractivity contribution in [3.05, 3.63) is 77.9 Å². The monoisotopic (exact) mass is 322 g/mol. The van der Waals surface area contributed by atoms with Crippen molar-refractivity contribution < 1.29 is 5.21 Å². The molecule has 0 aliphatic rings. The Hall–Kier alpha value is -2.39. The van der Waals surface area contributed by atoms with E-state index in [2.05, 4.69) is 72.5 Å². The van der Waals surface area contributed by atoms with E-state index in [0.717, 1.165) is 19.6 Å². The molecule has 0 fully saturated rings. The van der Waals surface area contributed by atoms with Crippen molar-refractivity contribution in [2.75, 3.05) is 13.1 Å². The molecule has 0 heterocycles. The fourth-order valence-electron chi connectivity index (χ4n) is 2.70. The summed E-state index contributed by atoms with van der Waals surface area (Å²) in [5.41, 5.74) is 2.29. The molecule has 2 aromatic rings. The van der Waals surface area contributed by atoms with E-state index >= 15 is 0 Å². The largest absolute Gasteiger partial charge is 0.411 e. The van der Waals surface area contributed by atoms with Gasteiger partial charge in [-0.25, -0.2) is 0 Å². The molecule has 0 bridgehead atoms. The number of oxime groups is 1. The van der Waals surface area contributed by atoms with E-state index in [1.54, 1.807) is 6.21 Å². The first kappa shape index (κ1) is 18.0. The fourth-order valence-corrected chi connectivity index (χ4v) is 2.70. The Morgan fingerprint density at radius 2 is 1.62 bits per heavy atom. The molecule has 2 rings (SSSR count). The lowest BCUT2D eigenvalue weighted by Crippen LogP contribution is -2.35. The second-order valence-electron chi connectivity index (χ2n) is 6.70. The third-order valence-corrected chi connectivity index (χ3v) is 3.76. The predicted octanol–water partition coefficient (Wildman–Crippen LogP) is 4.69. The highest BCUT2D eigenvalue weighted by Crippen LogP contribution is 2.16. The number of hydrogen-bond donors (Lipinski definition) is 1. The minimum absolute atomic E-state index is 0.190. The van der Waals surface area contributed by atoms with Gasteiger partial charge in [-0.05, 0) is 11.1 Å². The Morgan fingerprint density at radius 1 is 1.00 bits per heavy atom. The van der Waals surface area contributed by atoms with Crippen LogP contribution in [0.2, 0.25) is 0 Å². The molecule has 0 spiro atoms. The average molecular weight is 322 g/mol. The number of nitrogens with zero attached hydrogens (tertiary/aromatic N) is 2. The van der Waals surface area contributed by atoms with Crippen molar-refractivity contribution in [3.8, 4) is 0 Å². The highest BCUT2D eigenvalue weighted by Gasteiger charge is 2.19. The van der Waals surface area contributed by atoms with Crippen LogP contribution in [0.3, 0.4) is 0 Å². The first-order chi connectivity index (χ1) is 11.6. The molecule has 0 aliphatic heterocycles. The van der Waals surface area contributed by atoms with E-state index in [9.17, 15) is 0 Å². The summed E-state index contributed by atoms with van der Waals surface area (Å²) in [6.45, 7) is 6.66. The Morgan fingerprint density at radius 3 is 2.25 bits per heavy atom. The number of rotatable bonds is 8. The summed E-state index contributed by atoms with van der Waals surface area (Å²) in [5.74, 6) is 0. The third kappa shape index (κ3) is 6.39. The van der Waals surface area contributed by atoms with Gasteiger partial charge in [-0.2, -0.15) is 0 Å². The van der Waals surface area contributed by atoms with Crippen LogP contribution in [-0.2, 0) is 6.54 Å². The standard InChI is InChI=1S/C21H26N2O/c1-21(2,17-22-24)18-23(16-20-12-7-4-8-13-20)15-9-14-19-10-5-3-6-11-19/h3-14,17,24H,15-16,18H2,1-2H3/b14-9+,22-17-. The SMILES string of the molecule is CC(C)(/C=N\O)CN(C/C=C/c1ccccc1)Cc1ccccc1. The number of benzene rings is 2. The van der Waals surface area contributed by atoms with E-state index < -0.39 is 0 Å². The second kappa shape index (κ2) is 9.04. The van der Waals surface area contributed by atoms with E-state index in [0.29, 0.717) is 0 Å². The van der Waals surface area contributed by atoms with Gasteiger partial charge in [0.25, 0.3) is 0 Å². The summed E-state index contributed by atoms with van der Waals surface area (Å²) >= 11 is 0. The van der Waals surface area contributed by atoms with E-state index in [-0.39, 0.29) is 5.41 Å². The van der Waals surface area contributed by atoms with Gasteiger partial charge in [0.2, 0.25) is 0 Å². The van der Waals surface area contributed by atoms with Crippen LogP contribution in [0.4, 0.5) is 0 Å². The van der Waals surface area contributed by atoms with Gasteiger partial charge in [0.15, 0.2) is 0 Å². The highest BCUT2D eigenvalue weighted by molar-refractivity contribution is 5.64. The maximum atomic E-state index is 8.87. The van der Waals surface area contributed by atoms with Gasteiger partial charge in [-0.3, -0.25) is 4.90 Å². The van der Waals surface area contributed by atoms with Gasteiger partial charge in [0, 0.05) is 25.0 Å². The molecule has 0 unspecified atom stereocenters. The maximum absolute atomic E-state index is 8.87. The van der Waals surface area contributed by atoms with Crippen molar-refractivity contribution in [1.82, 2.24) is 4.90 Å². The average Bonchev–Trinajstić information content (AvgIpc) is 2.56. The molecule has 0 saturated carbocycles. The summed E-state index contributed by atoms with van der Waals surface area (Å²) < 4.78 is 0. The van der Waals surface area contributed by atoms with Gasteiger partial charge < -0.3 is 5.21 Å². The van der Waals surface area contributed by atoms with Crippen molar-refractivity contribution in [2.24, 2.45) is 10.6 Å². The Labute approximate surface area is 144 Å². The smallest absolute Gasteiger partial charge is 0.0504 e. The van der Waals surface area contributed by atoms with Crippen molar-refractivity contribution in [1.29, 1.82) is 0 Å². The van der Waals surface area contributed by atoms with Crippen LogP contribution in [0.5, 0.6) is 0 Å². The summed E-state index contributed by atoms with van der Waals surface area (Å²) in [4.78, 5) is 2.36. The van der Waals surface area contributed by atoms with Crippen LogP contribution in [0.1, 0.15) is 25.0 Å². The third-order valence-electron chi connectivity index (χ3n) is 3.76. The minimum Gasteiger partial charge on any atom is -0.411 e. The molecule has 0 saturated heterocycles. The molecular formula is C21H26N2O. The Kier molecular flexibility index (Phi) is 6.76. The molecule has 0 atom stereocenters. The van der Waals surface area contributed by atoms with Crippen LogP contribution in [0.15, 0.2) is 71.9 Å². The van der Waals surface area contributed by atoms with Crippen molar-refractivity contribution in [3.63, 3.8) is 0 Å². The van der Waals surface area contributed by atoms with Crippen LogP contribution in [0, 0.1) is 5.41 Å². The summed E-state index contributed by atoms with van der Waals surface area (Å²) in [6.07, 6.45) is 5.93. The van der Waals surface area contributed by atoms with Crippen LogP contribution < -0.4 is 0 Å². The van der Waals surface area contributed by atoms with E-state index in [4.69, 9.17) is 5.21 Å². The summed E-state index contributed by atoms with van der Waals surface area (Å²) in [6, 6.07) is 20.7. The molecule has 126 valence electrons. The maximum Gasteiger partial charge on any atom is 0.0504 e. The van der Waals surface area contributed by atoms with Gasteiger partial charge in [0.1, 0.15) is 0 Å².